The van der Waals surface area contributed by atoms with Gasteiger partial charge in [-0.15, -0.1) is 12.4 Å². The van der Waals surface area contributed by atoms with Crippen LogP contribution in [-0.4, -0.2) is 43.6 Å². The molecule has 2 rings (SSSR count). The number of ether oxygens (including phenoxy) is 2. The van der Waals surface area contributed by atoms with Gasteiger partial charge in [-0.05, 0) is 49.8 Å². The average molecular weight is 383 g/mol. The lowest BCUT2D eigenvalue weighted by molar-refractivity contribution is 0.0722. The molecule has 0 heterocycles. The molecule has 0 radical (unpaired) electrons. The van der Waals surface area contributed by atoms with Crippen molar-refractivity contribution in [2.75, 3.05) is 26.4 Å². The van der Waals surface area contributed by atoms with Crippen LogP contribution < -0.4 is 10.1 Å². The SMILES string of the molecule is CC(CC#N)NCC(O)COc1ccc(CCOCC2CCC2)cc1.Cl. The zero-order valence-electron chi connectivity index (χ0n) is 15.5. The van der Waals surface area contributed by atoms with Crippen molar-refractivity contribution in [1.29, 1.82) is 5.26 Å². The number of hydrogen-bond acceptors (Lipinski definition) is 5. The smallest absolute Gasteiger partial charge is 0.119 e. The molecule has 2 atom stereocenters. The molecule has 1 aliphatic rings. The minimum Gasteiger partial charge on any atom is -0.491 e. The van der Waals surface area contributed by atoms with Crippen molar-refractivity contribution in [2.24, 2.45) is 5.92 Å². The summed E-state index contributed by atoms with van der Waals surface area (Å²) in [6.45, 7) is 4.24. The van der Waals surface area contributed by atoms with Crippen LogP contribution in [0.3, 0.4) is 0 Å². The number of nitrogens with one attached hydrogen (secondary N) is 1. The van der Waals surface area contributed by atoms with E-state index in [2.05, 4.69) is 11.4 Å². The van der Waals surface area contributed by atoms with E-state index in [0.717, 1.165) is 31.3 Å². The van der Waals surface area contributed by atoms with Crippen LogP contribution in [0, 0.1) is 17.2 Å². The molecule has 1 aromatic carbocycles. The Morgan fingerprint density at radius 1 is 1.31 bits per heavy atom. The molecule has 2 N–H and O–H groups in total. The van der Waals surface area contributed by atoms with Gasteiger partial charge in [0.15, 0.2) is 0 Å². The Morgan fingerprint density at radius 3 is 2.65 bits per heavy atom. The molecule has 1 aromatic rings. The molecule has 1 aliphatic carbocycles. The van der Waals surface area contributed by atoms with E-state index in [1.165, 1.54) is 24.8 Å². The molecule has 1 fully saturated rings. The van der Waals surface area contributed by atoms with Crippen LogP contribution in [-0.2, 0) is 11.2 Å². The maximum absolute atomic E-state index is 9.91. The van der Waals surface area contributed by atoms with Crippen LogP contribution in [0.1, 0.15) is 38.2 Å². The van der Waals surface area contributed by atoms with Crippen molar-refractivity contribution in [3.8, 4) is 11.8 Å². The number of aliphatic hydroxyl groups excluding tert-OH is 1. The highest BCUT2D eigenvalue weighted by molar-refractivity contribution is 5.85. The van der Waals surface area contributed by atoms with Crippen LogP contribution in [0.5, 0.6) is 5.75 Å². The topological polar surface area (TPSA) is 74.5 Å². The number of nitriles is 1. The maximum atomic E-state index is 9.91. The molecule has 1 saturated carbocycles. The molecule has 0 bridgehead atoms. The van der Waals surface area contributed by atoms with Crippen LogP contribution in [0.15, 0.2) is 24.3 Å². The van der Waals surface area contributed by atoms with Gasteiger partial charge < -0.3 is 19.9 Å². The van der Waals surface area contributed by atoms with Gasteiger partial charge in [0.05, 0.1) is 19.1 Å². The number of nitrogens with zero attached hydrogens (tertiary/aromatic N) is 1. The highest BCUT2D eigenvalue weighted by Crippen LogP contribution is 2.26. The summed E-state index contributed by atoms with van der Waals surface area (Å²) in [4.78, 5) is 0. The second-order valence-electron chi connectivity index (χ2n) is 6.90. The summed E-state index contributed by atoms with van der Waals surface area (Å²) in [5, 5.41) is 21.6. The number of halogens is 1. The molecule has 0 saturated heterocycles. The van der Waals surface area contributed by atoms with E-state index in [-0.39, 0.29) is 25.1 Å². The number of hydrogen-bond donors (Lipinski definition) is 2. The number of aliphatic hydroxyl groups is 1. The molecular formula is C20H31ClN2O3. The van der Waals surface area contributed by atoms with Crippen molar-refractivity contribution >= 4 is 12.4 Å². The zero-order valence-corrected chi connectivity index (χ0v) is 16.3. The lowest BCUT2D eigenvalue weighted by Crippen LogP contribution is -2.36. The largest absolute Gasteiger partial charge is 0.491 e. The highest BCUT2D eigenvalue weighted by atomic mass is 35.5. The Hall–Kier alpha value is -1.32. The van der Waals surface area contributed by atoms with Gasteiger partial charge in [-0.2, -0.15) is 5.26 Å². The van der Waals surface area contributed by atoms with Gasteiger partial charge in [-0.25, -0.2) is 0 Å². The fraction of sp³-hybridized carbons (Fsp3) is 0.650. The van der Waals surface area contributed by atoms with Gasteiger partial charge in [-0.1, -0.05) is 18.6 Å². The van der Waals surface area contributed by atoms with Crippen LogP contribution in [0.4, 0.5) is 0 Å². The second-order valence-corrected chi connectivity index (χ2v) is 6.90. The molecule has 146 valence electrons. The quantitative estimate of drug-likeness (QED) is 0.543. The van der Waals surface area contributed by atoms with E-state index in [9.17, 15) is 5.11 Å². The lowest BCUT2D eigenvalue weighted by Gasteiger charge is -2.24. The fourth-order valence-corrected chi connectivity index (χ4v) is 2.65. The standard InChI is InChI=1S/C20H30N2O3.ClH/c1-16(9-11-21)22-13-19(23)15-25-20-7-5-17(6-8-20)10-12-24-14-18-3-2-4-18;/h5-8,16,18-19,22-23H,2-4,9-10,12-15H2,1H3;1H. The van der Waals surface area contributed by atoms with E-state index in [0.29, 0.717) is 13.0 Å². The van der Waals surface area contributed by atoms with Gasteiger partial charge in [0.25, 0.3) is 0 Å². The lowest BCUT2D eigenvalue weighted by atomic mass is 9.86. The van der Waals surface area contributed by atoms with Crippen LogP contribution in [0.25, 0.3) is 0 Å². The molecule has 5 nitrogen and oxygen atoms in total. The minimum absolute atomic E-state index is 0. The Morgan fingerprint density at radius 2 is 2.04 bits per heavy atom. The molecule has 0 spiro atoms. The second kappa shape index (κ2) is 12.9. The van der Waals surface area contributed by atoms with Crippen molar-refractivity contribution in [1.82, 2.24) is 5.32 Å². The summed E-state index contributed by atoms with van der Waals surface area (Å²) < 4.78 is 11.3. The first-order valence-electron chi connectivity index (χ1n) is 9.25. The highest BCUT2D eigenvalue weighted by Gasteiger charge is 2.16. The first-order valence-corrected chi connectivity index (χ1v) is 9.25. The van der Waals surface area contributed by atoms with Gasteiger partial charge in [0.1, 0.15) is 18.5 Å². The Labute approximate surface area is 163 Å². The zero-order chi connectivity index (χ0) is 17.9. The van der Waals surface area contributed by atoms with Crippen molar-refractivity contribution in [3.05, 3.63) is 29.8 Å². The van der Waals surface area contributed by atoms with E-state index in [1.54, 1.807) is 0 Å². The Bertz CT molecular complexity index is 529. The minimum atomic E-state index is -0.597. The molecule has 0 aliphatic heterocycles. The molecule has 0 amide bonds. The number of rotatable bonds is 12. The van der Waals surface area contributed by atoms with E-state index in [4.69, 9.17) is 14.7 Å². The van der Waals surface area contributed by atoms with Crippen molar-refractivity contribution in [2.45, 2.75) is 51.2 Å². The third kappa shape index (κ3) is 8.86. The Balaban J connectivity index is 0.00000338. The van der Waals surface area contributed by atoms with Crippen molar-refractivity contribution < 1.29 is 14.6 Å². The van der Waals surface area contributed by atoms with Gasteiger partial charge in [0, 0.05) is 19.2 Å². The fourth-order valence-electron chi connectivity index (χ4n) is 2.65. The normalized spacial score (nSPS) is 16.0. The van der Waals surface area contributed by atoms with Gasteiger partial charge >= 0.3 is 0 Å². The summed E-state index contributed by atoms with van der Waals surface area (Å²) in [6, 6.07) is 10.1. The summed E-state index contributed by atoms with van der Waals surface area (Å²) in [7, 11) is 0. The predicted octanol–water partition coefficient (Wildman–Crippen LogP) is 3.10. The van der Waals surface area contributed by atoms with Crippen molar-refractivity contribution in [3.63, 3.8) is 0 Å². The monoisotopic (exact) mass is 382 g/mol. The van der Waals surface area contributed by atoms with Crippen LogP contribution >= 0.6 is 12.4 Å². The predicted molar refractivity (Wildman–Crippen MR) is 105 cm³/mol. The molecule has 0 aromatic heterocycles. The molecule has 2 unspecified atom stereocenters. The van der Waals surface area contributed by atoms with Gasteiger partial charge in [0.2, 0.25) is 0 Å². The maximum Gasteiger partial charge on any atom is 0.119 e. The van der Waals surface area contributed by atoms with E-state index < -0.39 is 6.10 Å². The Kier molecular flexibility index (Phi) is 11.3. The average Bonchev–Trinajstić information content (AvgIpc) is 2.57. The number of benzene rings is 1. The third-order valence-corrected chi connectivity index (χ3v) is 4.58. The summed E-state index contributed by atoms with van der Waals surface area (Å²) in [5.74, 6) is 1.54. The van der Waals surface area contributed by atoms with E-state index in [1.807, 2.05) is 31.2 Å². The summed E-state index contributed by atoms with van der Waals surface area (Å²) >= 11 is 0. The van der Waals surface area contributed by atoms with Crippen LogP contribution in [0.2, 0.25) is 0 Å². The summed E-state index contributed by atoms with van der Waals surface area (Å²) in [5.41, 5.74) is 1.23. The van der Waals surface area contributed by atoms with E-state index >= 15 is 0 Å². The first kappa shape index (κ1) is 22.7. The molecule has 26 heavy (non-hydrogen) atoms. The van der Waals surface area contributed by atoms with Gasteiger partial charge in [-0.3, -0.25) is 0 Å². The first-order chi connectivity index (χ1) is 12.2. The molecular weight excluding hydrogens is 352 g/mol. The summed E-state index contributed by atoms with van der Waals surface area (Å²) in [6.07, 6.45) is 4.75. The third-order valence-electron chi connectivity index (χ3n) is 4.58. The molecule has 6 heteroatoms.